The van der Waals surface area contributed by atoms with Gasteiger partial charge < -0.3 is 4.55 Å². The standard InChI is InChI=1S/C13H27NO2S/c1-8-17(16)9-10(14-13(5,6)7)11(15)12(2,3)4/h10,14H,8-9H2,1-7H3. The van der Waals surface area contributed by atoms with Gasteiger partial charge in [-0.05, 0) is 27.7 Å². The maximum Gasteiger partial charge on any atom is 0.159 e. The van der Waals surface area contributed by atoms with Gasteiger partial charge in [-0.1, -0.05) is 31.9 Å². The van der Waals surface area contributed by atoms with Gasteiger partial charge in [0.2, 0.25) is 0 Å². The lowest BCUT2D eigenvalue weighted by atomic mass is 9.86. The Hall–Kier alpha value is -0.0600. The Morgan fingerprint density at radius 2 is 1.71 bits per heavy atom. The van der Waals surface area contributed by atoms with E-state index in [1.807, 2.05) is 48.5 Å². The first kappa shape index (κ1) is 16.9. The van der Waals surface area contributed by atoms with E-state index in [0.29, 0.717) is 11.5 Å². The monoisotopic (exact) mass is 261 g/mol. The Morgan fingerprint density at radius 1 is 1.24 bits per heavy atom. The third-order valence-corrected chi connectivity index (χ3v) is 3.69. The van der Waals surface area contributed by atoms with E-state index in [2.05, 4.69) is 5.32 Å². The number of nitrogens with one attached hydrogen (secondary N) is 1. The van der Waals surface area contributed by atoms with Crippen molar-refractivity contribution in [2.45, 2.75) is 60.0 Å². The summed E-state index contributed by atoms with van der Waals surface area (Å²) < 4.78 is 11.7. The average Bonchev–Trinajstić information content (AvgIpc) is 2.11. The van der Waals surface area contributed by atoms with Crippen molar-refractivity contribution in [1.82, 2.24) is 5.32 Å². The number of carbonyl (C=O) groups is 1. The van der Waals surface area contributed by atoms with Crippen molar-refractivity contribution in [3.8, 4) is 0 Å². The van der Waals surface area contributed by atoms with Gasteiger partial charge in [0.15, 0.2) is 5.78 Å². The molecule has 0 fully saturated rings. The highest BCUT2D eigenvalue weighted by Crippen LogP contribution is 2.19. The SMILES string of the molecule is CC[S+]([O-])CC(NC(C)(C)C)C(=O)C(C)(C)C. The minimum atomic E-state index is -0.930. The third-order valence-electron chi connectivity index (χ3n) is 2.34. The van der Waals surface area contributed by atoms with Gasteiger partial charge in [-0.2, -0.15) is 0 Å². The fraction of sp³-hybridized carbons (Fsp3) is 0.923. The fourth-order valence-corrected chi connectivity index (χ4v) is 2.37. The van der Waals surface area contributed by atoms with Crippen LogP contribution in [0.25, 0.3) is 0 Å². The van der Waals surface area contributed by atoms with Crippen molar-refractivity contribution < 1.29 is 9.35 Å². The van der Waals surface area contributed by atoms with Crippen LogP contribution >= 0.6 is 0 Å². The van der Waals surface area contributed by atoms with E-state index >= 15 is 0 Å². The number of Topliss-reactive ketones (excluding diaryl/α,β-unsaturated/α-hetero) is 1. The van der Waals surface area contributed by atoms with Gasteiger partial charge in [0.25, 0.3) is 0 Å². The number of hydrogen-bond donors (Lipinski definition) is 1. The highest BCUT2D eigenvalue weighted by Gasteiger charge is 2.34. The summed E-state index contributed by atoms with van der Waals surface area (Å²) in [7, 11) is 0. The molecule has 0 saturated carbocycles. The van der Waals surface area contributed by atoms with Crippen LogP contribution in [-0.4, -0.2) is 33.4 Å². The van der Waals surface area contributed by atoms with Gasteiger partial charge >= 0.3 is 0 Å². The van der Waals surface area contributed by atoms with Gasteiger partial charge in [-0.15, -0.1) is 0 Å². The molecule has 0 aromatic carbocycles. The number of hydrogen-bond acceptors (Lipinski definition) is 3. The fourth-order valence-electron chi connectivity index (χ4n) is 1.53. The van der Waals surface area contributed by atoms with E-state index in [1.165, 1.54) is 0 Å². The summed E-state index contributed by atoms with van der Waals surface area (Å²) in [5, 5.41) is 3.29. The summed E-state index contributed by atoms with van der Waals surface area (Å²) >= 11 is -0.930. The molecule has 0 heterocycles. The maximum absolute atomic E-state index is 12.3. The summed E-state index contributed by atoms with van der Waals surface area (Å²) in [5.74, 6) is 1.14. The third kappa shape index (κ3) is 7.06. The quantitative estimate of drug-likeness (QED) is 0.771. The molecule has 3 nitrogen and oxygen atoms in total. The molecule has 4 heteroatoms. The van der Waals surface area contributed by atoms with Crippen LogP contribution in [0, 0.1) is 5.41 Å². The maximum atomic E-state index is 12.3. The van der Waals surface area contributed by atoms with Crippen LogP contribution in [0.2, 0.25) is 0 Å². The van der Waals surface area contributed by atoms with Crippen LogP contribution in [0.15, 0.2) is 0 Å². The highest BCUT2D eigenvalue weighted by atomic mass is 32.2. The molecule has 0 rings (SSSR count). The van der Waals surface area contributed by atoms with Crippen LogP contribution in [-0.2, 0) is 16.0 Å². The second-order valence-electron chi connectivity index (χ2n) is 6.46. The normalized spacial score (nSPS) is 16.7. The Labute approximate surface area is 109 Å². The Morgan fingerprint density at radius 3 is 2.00 bits per heavy atom. The highest BCUT2D eigenvalue weighted by molar-refractivity contribution is 7.91. The first-order valence-corrected chi connectivity index (χ1v) is 7.63. The van der Waals surface area contributed by atoms with Gasteiger partial charge in [-0.3, -0.25) is 10.1 Å². The van der Waals surface area contributed by atoms with Crippen molar-refractivity contribution in [2.75, 3.05) is 11.5 Å². The first-order chi connectivity index (χ1) is 7.47. The Bertz CT molecular complexity index is 253. The van der Waals surface area contributed by atoms with E-state index in [4.69, 9.17) is 0 Å². The van der Waals surface area contributed by atoms with Crippen LogP contribution in [0.1, 0.15) is 48.5 Å². The summed E-state index contributed by atoms with van der Waals surface area (Å²) in [6, 6.07) is -0.323. The van der Waals surface area contributed by atoms with E-state index in [0.717, 1.165) is 0 Å². The van der Waals surface area contributed by atoms with E-state index in [1.54, 1.807) is 0 Å². The van der Waals surface area contributed by atoms with Crippen LogP contribution in [0.5, 0.6) is 0 Å². The molecular formula is C13H27NO2S. The van der Waals surface area contributed by atoms with Gasteiger partial charge in [0.05, 0.1) is 0 Å². The molecule has 0 spiro atoms. The molecule has 17 heavy (non-hydrogen) atoms. The minimum Gasteiger partial charge on any atom is -0.616 e. The van der Waals surface area contributed by atoms with Gasteiger partial charge in [-0.25, -0.2) is 0 Å². The zero-order valence-corrected chi connectivity index (χ0v) is 13.0. The zero-order valence-electron chi connectivity index (χ0n) is 12.2. The minimum absolute atomic E-state index is 0.134. The molecule has 0 amide bonds. The van der Waals surface area contributed by atoms with Crippen LogP contribution in [0.3, 0.4) is 0 Å². The Balaban J connectivity index is 4.80. The van der Waals surface area contributed by atoms with Gasteiger partial charge in [0.1, 0.15) is 17.5 Å². The molecule has 0 aliphatic rings. The molecule has 0 bridgehead atoms. The molecule has 0 aliphatic carbocycles. The molecule has 2 atom stereocenters. The predicted molar refractivity (Wildman–Crippen MR) is 74.7 cm³/mol. The molecule has 0 aromatic rings. The molecule has 0 saturated heterocycles. The van der Waals surface area contributed by atoms with E-state index in [-0.39, 0.29) is 17.4 Å². The lowest BCUT2D eigenvalue weighted by Gasteiger charge is -2.31. The lowest BCUT2D eigenvalue weighted by molar-refractivity contribution is -0.128. The second-order valence-corrected chi connectivity index (χ2v) is 8.25. The second kappa shape index (κ2) is 6.21. The smallest absolute Gasteiger partial charge is 0.159 e. The molecule has 102 valence electrons. The summed E-state index contributed by atoms with van der Waals surface area (Å²) in [4.78, 5) is 12.3. The molecule has 0 aliphatic heterocycles. The van der Waals surface area contributed by atoms with Crippen molar-refractivity contribution in [1.29, 1.82) is 0 Å². The Kier molecular flexibility index (Phi) is 6.19. The summed E-state index contributed by atoms with van der Waals surface area (Å²) in [5.41, 5.74) is -0.551. The van der Waals surface area contributed by atoms with Crippen LogP contribution < -0.4 is 5.32 Å². The van der Waals surface area contributed by atoms with E-state index < -0.39 is 16.6 Å². The molecule has 2 unspecified atom stereocenters. The van der Waals surface area contributed by atoms with E-state index in [9.17, 15) is 9.35 Å². The molecule has 1 N–H and O–H groups in total. The topological polar surface area (TPSA) is 52.2 Å². The average molecular weight is 261 g/mol. The lowest BCUT2D eigenvalue weighted by Crippen LogP contribution is -2.54. The largest absolute Gasteiger partial charge is 0.616 e. The van der Waals surface area contributed by atoms with Gasteiger partial charge in [0, 0.05) is 11.0 Å². The number of carbonyl (C=O) groups excluding carboxylic acids is 1. The summed E-state index contributed by atoms with van der Waals surface area (Å²) in [6.07, 6.45) is 0. The molecular weight excluding hydrogens is 234 g/mol. The summed E-state index contributed by atoms with van der Waals surface area (Å²) in [6.45, 7) is 13.6. The van der Waals surface area contributed by atoms with Crippen molar-refractivity contribution in [3.63, 3.8) is 0 Å². The molecule has 0 radical (unpaired) electrons. The molecule has 0 aromatic heterocycles. The van der Waals surface area contributed by atoms with Crippen molar-refractivity contribution in [3.05, 3.63) is 0 Å². The zero-order chi connectivity index (χ0) is 13.9. The van der Waals surface area contributed by atoms with Crippen molar-refractivity contribution in [2.24, 2.45) is 5.41 Å². The van der Waals surface area contributed by atoms with Crippen LogP contribution in [0.4, 0.5) is 0 Å². The number of rotatable bonds is 5. The first-order valence-electron chi connectivity index (χ1n) is 6.14. The predicted octanol–water partition coefficient (Wildman–Crippen LogP) is 2.13. The number of ketones is 1. The van der Waals surface area contributed by atoms with Crippen molar-refractivity contribution >= 4 is 17.0 Å².